The highest BCUT2D eigenvalue weighted by molar-refractivity contribution is 8.22. The van der Waals surface area contributed by atoms with Crippen molar-refractivity contribution in [2.24, 2.45) is 0 Å². The zero-order valence-electron chi connectivity index (χ0n) is 14.3. The smallest absolute Gasteiger partial charge is 0.221 e. The number of rotatable bonds is 4. The van der Waals surface area contributed by atoms with Crippen LogP contribution in [0.25, 0.3) is 0 Å². The van der Waals surface area contributed by atoms with Crippen LogP contribution in [0.1, 0.15) is 19.8 Å². The number of hydrogen-bond donors (Lipinski definition) is 4. The lowest BCUT2D eigenvalue weighted by atomic mass is 10.2. The van der Waals surface area contributed by atoms with E-state index in [0.29, 0.717) is 34.8 Å². The van der Waals surface area contributed by atoms with Gasteiger partial charge in [-0.2, -0.15) is 4.72 Å². The van der Waals surface area contributed by atoms with Crippen LogP contribution in [0, 0.1) is 0 Å². The number of nitrogens with zero attached hydrogens (tertiary/aromatic N) is 1. The van der Waals surface area contributed by atoms with Crippen LogP contribution in [0.3, 0.4) is 0 Å². The summed E-state index contributed by atoms with van der Waals surface area (Å²) in [5.41, 5.74) is 1.48. The number of nitrogens with one attached hydrogen (secondary N) is 2. The van der Waals surface area contributed by atoms with Crippen molar-refractivity contribution < 1.29 is 18.6 Å². The largest absolute Gasteiger partial charge is 0.457 e. The van der Waals surface area contributed by atoms with Crippen molar-refractivity contribution in [3.8, 4) is 11.5 Å². The van der Waals surface area contributed by atoms with E-state index >= 15 is 0 Å². The van der Waals surface area contributed by atoms with Crippen molar-refractivity contribution in [2.75, 3.05) is 16.9 Å². The van der Waals surface area contributed by atoms with Gasteiger partial charge in [0, 0.05) is 30.8 Å². The molecule has 0 bridgehead atoms. The van der Waals surface area contributed by atoms with Gasteiger partial charge in [0.1, 0.15) is 16.4 Å². The van der Waals surface area contributed by atoms with E-state index in [-0.39, 0.29) is 5.91 Å². The van der Waals surface area contributed by atoms with Crippen molar-refractivity contribution in [3.63, 3.8) is 0 Å². The predicted octanol–water partition coefficient (Wildman–Crippen LogP) is 3.99. The van der Waals surface area contributed by atoms with Crippen molar-refractivity contribution in [1.29, 1.82) is 0 Å². The molecule has 138 valence electrons. The summed E-state index contributed by atoms with van der Waals surface area (Å²) in [6.07, 6.45) is 2.24. The Morgan fingerprint density at radius 1 is 1.23 bits per heavy atom. The topological polar surface area (TPSA) is 94.1 Å². The van der Waals surface area contributed by atoms with Gasteiger partial charge in [0.25, 0.3) is 0 Å². The predicted molar refractivity (Wildman–Crippen MR) is 102 cm³/mol. The summed E-state index contributed by atoms with van der Waals surface area (Å²) >= 11 is 0. The Balaban J connectivity index is 1.61. The van der Waals surface area contributed by atoms with E-state index in [1.54, 1.807) is 30.3 Å². The molecule has 1 aliphatic carbocycles. The molecular formula is C18H21N3O4S. The minimum Gasteiger partial charge on any atom is -0.457 e. The number of carbonyl (C=O) groups excluding carboxylic acids is 1. The highest BCUT2D eigenvalue weighted by Gasteiger charge is 2.37. The lowest BCUT2D eigenvalue weighted by molar-refractivity contribution is -0.114. The van der Waals surface area contributed by atoms with Crippen molar-refractivity contribution in [2.45, 2.75) is 30.7 Å². The van der Waals surface area contributed by atoms with Gasteiger partial charge in [0.15, 0.2) is 0 Å². The van der Waals surface area contributed by atoms with Crippen LogP contribution in [0.15, 0.2) is 47.4 Å². The van der Waals surface area contributed by atoms with E-state index < -0.39 is 10.8 Å². The van der Waals surface area contributed by atoms with Gasteiger partial charge in [-0.15, -0.1) is 10.8 Å². The van der Waals surface area contributed by atoms with E-state index in [0.717, 1.165) is 18.5 Å². The van der Waals surface area contributed by atoms with Gasteiger partial charge < -0.3 is 15.0 Å². The monoisotopic (exact) mass is 375 g/mol. The third kappa shape index (κ3) is 3.49. The Morgan fingerprint density at radius 3 is 2.73 bits per heavy atom. The number of benzene rings is 2. The van der Waals surface area contributed by atoms with Crippen LogP contribution in [0.5, 0.6) is 11.5 Å². The third-order valence-corrected chi connectivity index (χ3v) is 5.83. The molecule has 0 atom stereocenters. The first kappa shape index (κ1) is 17.2. The molecular weight excluding hydrogens is 354 g/mol. The minimum atomic E-state index is -3.05. The van der Waals surface area contributed by atoms with Crippen molar-refractivity contribution in [1.82, 2.24) is 4.72 Å². The minimum absolute atomic E-state index is 0.156. The summed E-state index contributed by atoms with van der Waals surface area (Å²) in [5.74, 6) is 0.898. The van der Waals surface area contributed by atoms with Crippen molar-refractivity contribution >= 4 is 28.1 Å². The molecule has 0 radical (unpaired) electrons. The molecule has 8 heteroatoms. The maximum Gasteiger partial charge on any atom is 0.221 e. The van der Waals surface area contributed by atoms with Gasteiger partial charge in [-0.05, 0) is 37.1 Å². The molecule has 1 heterocycles. The molecule has 1 saturated carbocycles. The van der Waals surface area contributed by atoms with Gasteiger partial charge in [0.2, 0.25) is 5.91 Å². The van der Waals surface area contributed by atoms with Gasteiger partial charge in [-0.25, -0.2) is 0 Å². The highest BCUT2D eigenvalue weighted by atomic mass is 32.3. The summed E-state index contributed by atoms with van der Waals surface area (Å²) in [5, 5.41) is 2.71. The van der Waals surface area contributed by atoms with E-state index in [1.165, 1.54) is 6.92 Å². The molecule has 2 aliphatic rings. The summed E-state index contributed by atoms with van der Waals surface area (Å²) in [4.78, 5) is 13.8. The number of anilines is 2. The SMILES string of the molecule is CC(=O)Nc1cccc(Oc2ccc3c(c2)S(O)(O)NCN3C2CC2)c1. The molecule has 0 unspecified atom stereocenters. The molecule has 0 spiro atoms. The zero-order chi connectivity index (χ0) is 18.3. The fourth-order valence-corrected chi connectivity index (χ4v) is 4.27. The second-order valence-corrected chi connectivity index (χ2v) is 8.32. The molecule has 1 aliphatic heterocycles. The Kier molecular flexibility index (Phi) is 4.28. The van der Waals surface area contributed by atoms with E-state index in [1.807, 2.05) is 12.1 Å². The Hall–Kier alpha value is -2.26. The number of ether oxygens (including phenoxy) is 1. The zero-order valence-corrected chi connectivity index (χ0v) is 15.1. The summed E-state index contributed by atoms with van der Waals surface area (Å²) in [6.45, 7) is 1.87. The van der Waals surface area contributed by atoms with Crippen LogP contribution < -0.4 is 19.7 Å². The molecule has 1 fully saturated rings. The van der Waals surface area contributed by atoms with E-state index in [9.17, 15) is 13.9 Å². The maximum absolute atomic E-state index is 11.2. The van der Waals surface area contributed by atoms with Crippen LogP contribution in [0.2, 0.25) is 0 Å². The molecule has 4 rings (SSSR count). The van der Waals surface area contributed by atoms with Gasteiger partial charge in [-0.3, -0.25) is 13.9 Å². The summed E-state index contributed by atoms with van der Waals surface area (Å²) in [7, 11) is -3.05. The number of carbonyl (C=O) groups is 1. The lowest BCUT2D eigenvalue weighted by Gasteiger charge is -2.44. The molecule has 7 nitrogen and oxygen atoms in total. The first-order valence-electron chi connectivity index (χ1n) is 8.41. The number of fused-ring (bicyclic) bond motifs is 1. The second-order valence-electron chi connectivity index (χ2n) is 6.49. The summed E-state index contributed by atoms with van der Waals surface area (Å²) in [6, 6.07) is 12.9. The first-order valence-corrected chi connectivity index (χ1v) is 9.96. The fraction of sp³-hybridized carbons (Fsp3) is 0.278. The molecule has 0 aromatic heterocycles. The molecule has 2 aromatic rings. The number of amides is 1. The average molecular weight is 375 g/mol. The molecule has 2 aromatic carbocycles. The first-order chi connectivity index (χ1) is 12.4. The normalized spacial score (nSPS) is 19.4. The van der Waals surface area contributed by atoms with Gasteiger partial charge in [0.05, 0.1) is 12.4 Å². The quantitative estimate of drug-likeness (QED) is 0.646. The van der Waals surface area contributed by atoms with Crippen LogP contribution in [0.4, 0.5) is 11.4 Å². The van der Waals surface area contributed by atoms with Crippen LogP contribution in [-0.4, -0.2) is 27.7 Å². The van der Waals surface area contributed by atoms with Crippen LogP contribution >= 0.6 is 10.8 Å². The maximum atomic E-state index is 11.2. The lowest BCUT2D eigenvalue weighted by Crippen LogP contribution is -2.42. The standard InChI is InChI=1S/C18H21N3O4S/c1-12(22)20-13-3-2-4-15(9-13)25-16-7-8-17-18(10-16)26(23,24)19-11-21(17)14-5-6-14/h2-4,7-10,14,19,23-24H,5-6,11H2,1H3,(H,20,22). The Labute approximate surface area is 153 Å². The molecule has 26 heavy (non-hydrogen) atoms. The Morgan fingerprint density at radius 2 is 2.00 bits per heavy atom. The van der Waals surface area contributed by atoms with Gasteiger partial charge in [-0.1, -0.05) is 6.07 Å². The van der Waals surface area contributed by atoms with Gasteiger partial charge >= 0.3 is 0 Å². The number of hydrogen-bond acceptors (Lipinski definition) is 6. The van der Waals surface area contributed by atoms with Crippen molar-refractivity contribution in [3.05, 3.63) is 42.5 Å². The average Bonchev–Trinajstić information content (AvgIpc) is 3.40. The molecule has 4 N–H and O–H groups in total. The van der Waals surface area contributed by atoms with E-state index in [2.05, 4.69) is 14.9 Å². The summed E-state index contributed by atoms with van der Waals surface area (Å²) < 4.78 is 29.4. The highest BCUT2D eigenvalue weighted by Crippen LogP contribution is 2.54. The van der Waals surface area contributed by atoms with Crippen LogP contribution in [-0.2, 0) is 4.79 Å². The molecule has 0 saturated heterocycles. The Bertz CT molecular complexity index is 854. The second kappa shape index (κ2) is 6.48. The fourth-order valence-electron chi connectivity index (χ4n) is 3.03. The van der Waals surface area contributed by atoms with E-state index in [4.69, 9.17) is 4.74 Å². The third-order valence-electron chi connectivity index (χ3n) is 4.36. The molecule has 1 amide bonds.